The van der Waals surface area contributed by atoms with E-state index >= 15 is 0 Å². The molecule has 0 bridgehead atoms. The molecule has 1 heterocycles. The molecule has 21 heavy (non-hydrogen) atoms. The molecule has 0 N–H and O–H groups in total. The van der Waals surface area contributed by atoms with Crippen molar-refractivity contribution in [3.8, 4) is 0 Å². The number of aromatic nitrogens is 2. The van der Waals surface area contributed by atoms with E-state index in [1.807, 2.05) is 10.6 Å². The molecule has 3 nitrogen and oxygen atoms in total. The molecule has 3 rings (SSSR count). The van der Waals surface area contributed by atoms with Crippen molar-refractivity contribution < 1.29 is 4.79 Å². The highest BCUT2D eigenvalue weighted by Gasteiger charge is 2.02. The van der Waals surface area contributed by atoms with Gasteiger partial charge in [0.15, 0.2) is 6.29 Å². The summed E-state index contributed by atoms with van der Waals surface area (Å²) in [5.74, 6) is 0. The topological polar surface area (TPSA) is 34.9 Å². The average molecular weight is 276 g/mol. The zero-order valence-electron chi connectivity index (χ0n) is 11.6. The molecule has 3 aromatic rings. The zero-order valence-corrected chi connectivity index (χ0v) is 11.6. The lowest BCUT2D eigenvalue weighted by Crippen LogP contribution is -2.02. The predicted octanol–water partition coefficient (Wildman–Crippen LogP) is 3.33. The van der Waals surface area contributed by atoms with Gasteiger partial charge in [-0.3, -0.25) is 4.79 Å². The zero-order chi connectivity index (χ0) is 14.5. The molecule has 0 unspecified atom stereocenters. The van der Waals surface area contributed by atoms with Crippen molar-refractivity contribution in [3.63, 3.8) is 0 Å². The quantitative estimate of drug-likeness (QED) is 0.670. The Morgan fingerprint density at radius 2 is 1.57 bits per heavy atom. The van der Waals surface area contributed by atoms with Gasteiger partial charge < -0.3 is 4.57 Å². The van der Waals surface area contributed by atoms with Gasteiger partial charge in [-0.25, -0.2) is 4.98 Å². The minimum Gasteiger partial charge on any atom is -0.324 e. The SMILES string of the molecule is O=Cc1cncn1Cc1ccc(Cc2ccccc2)cc1. The maximum absolute atomic E-state index is 10.9. The number of carbonyl (C=O) groups is 1. The average Bonchev–Trinajstić information content (AvgIpc) is 2.97. The van der Waals surface area contributed by atoms with Crippen LogP contribution in [0.1, 0.15) is 27.2 Å². The molecule has 104 valence electrons. The largest absolute Gasteiger partial charge is 0.324 e. The lowest BCUT2D eigenvalue weighted by Gasteiger charge is -2.06. The van der Waals surface area contributed by atoms with Crippen molar-refractivity contribution in [3.05, 3.63) is 89.5 Å². The Hall–Kier alpha value is -2.68. The lowest BCUT2D eigenvalue weighted by atomic mass is 10.0. The van der Waals surface area contributed by atoms with Gasteiger partial charge in [0.1, 0.15) is 5.69 Å². The van der Waals surface area contributed by atoms with Crippen LogP contribution in [0.5, 0.6) is 0 Å². The number of hydrogen-bond donors (Lipinski definition) is 0. The molecule has 0 radical (unpaired) electrons. The minimum absolute atomic E-state index is 0.600. The number of imidazole rings is 1. The van der Waals surface area contributed by atoms with Crippen molar-refractivity contribution in [2.45, 2.75) is 13.0 Å². The number of aldehydes is 1. The second-order valence-corrected chi connectivity index (χ2v) is 5.04. The monoisotopic (exact) mass is 276 g/mol. The predicted molar refractivity (Wildman–Crippen MR) is 82.4 cm³/mol. The third-order valence-electron chi connectivity index (χ3n) is 3.49. The third-order valence-corrected chi connectivity index (χ3v) is 3.49. The smallest absolute Gasteiger partial charge is 0.168 e. The van der Waals surface area contributed by atoms with Gasteiger partial charge in [-0.15, -0.1) is 0 Å². The molecule has 0 aliphatic rings. The van der Waals surface area contributed by atoms with Crippen LogP contribution in [-0.2, 0) is 13.0 Å². The summed E-state index contributed by atoms with van der Waals surface area (Å²) in [4.78, 5) is 14.9. The summed E-state index contributed by atoms with van der Waals surface area (Å²) in [6.45, 7) is 0.666. The van der Waals surface area contributed by atoms with E-state index < -0.39 is 0 Å². The molecule has 0 spiro atoms. The van der Waals surface area contributed by atoms with Crippen molar-refractivity contribution in [2.24, 2.45) is 0 Å². The first kappa shape index (κ1) is 13.3. The summed E-state index contributed by atoms with van der Waals surface area (Å²) in [5.41, 5.74) is 4.35. The van der Waals surface area contributed by atoms with E-state index in [4.69, 9.17) is 0 Å². The summed E-state index contributed by atoms with van der Waals surface area (Å²) < 4.78 is 1.85. The minimum atomic E-state index is 0.600. The molecule has 2 aromatic carbocycles. The van der Waals surface area contributed by atoms with E-state index in [0.717, 1.165) is 18.3 Å². The number of carbonyl (C=O) groups excluding carboxylic acids is 1. The third kappa shape index (κ3) is 3.26. The van der Waals surface area contributed by atoms with Crippen LogP contribution in [-0.4, -0.2) is 15.8 Å². The first-order valence-electron chi connectivity index (χ1n) is 6.92. The molecule has 0 aliphatic carbocycles. The summed E-state index contributed by atoms with van der Waals surface area (Å²) in [7, 11) is 0. The van der Waals surface area contributed by atoms with Gasteiger partial charge in [0.2, 0.25) is 0 Å². The van der Waals surface area contributed by atoms with Crippen LogP contribution in [0, 0.1) is 0 Å². The first-order chi connectivity index (χ1) is 10.3. The van der Waals surface area contributed by atoms with E-state index in [0.29, 0.717) is 12.2 Å². The summed E-state index contributed by atoms with van der Waals surface area (Å²) in [6, 6.07) is 18.9. The second-order valence-electron chi connectivity index (χ2n) is 5.04. The van der Waals surface area contributed by atoms with Crippen molar-refractivity contribution in [1.82, 2.24) is 9.55 Å². The number of nitrogens with zero attached hydrogens (tertiary/aromatic N) is 2. The van der Waals surface area contributed by atoms with E-state index in [2.05, 4.69) is 53.5 Å². The number of hydrogen-bond acceptors (Lipinski definition) is 2. The second kappa shape index (κ2) is 6.18. The van der Waals surface area contributed by atoms with Crippen LogP contribution in [0.2, 0.25) is 0 Å². The van der Waals surface area contributed by atoms with E-state index in [9.17, 15) is 4.79 Å². The Labute approximate surface area is 123 Å². The maximum Gasteiger partial charge on any atom is 0.168 e. The highest BCUT2D eigenvalue weighted by atomic mass is 16.1. The molecular weight excluding hydrogens is 260 g/mol. The Morgan fingerprint density at radius 1 is 0.905 bits per heavy atom. The van der Waals surface area contributed by atoms with E-state index in [1.54, 1.807) is 12.5 Å². The summed E-state index contributed by atoms with van der Waals surface area (Å²) in [5, 5.41) is 0. The summed E-state index contributed by atoms with van der Waals surface area (Å²) >= 11 is 0. The molecule has 1 aromatic heterocycles. The maximum atomic E-state index is 10.9. The Balaban J connectivity index is 1.71. The van der Waals surface area contributed by atoms with Crippen LogP contribution >= 0.6 is 0 Å². The van der Waals surface area contributed by atoms with E-state index in [-0.39, 0.29) is 0 Å². The first-order valence-corrected chi connectivity index (χ1v) is 6.92. The van der Waals surface area contributed by atoms with E-state index in [1.165, 1.54) is 11.1 Å². The highest BCUT2D eigenvalue weighted by molar-refractivity contribution is 5.71. The van der Waals surface area contributed by atoms with Gasteiger partial charge in [-0.2, -0.15) is 0 Å². The molecule has 0 saturated carbocycles. The van der Waals surface area contributed by atoms with Crippen LogP contribution in [0.3, 0.4) is 0 Å². The van der Waals surface area contributed by atoms with Crippen LogP contribution in [0.15, 0.2) is 67.1 Å². The normalized spacial score (nSPS) is 10.5. The standard InChI is InChI=1S/C18H16N2O/c21-13-18-11-19-14-20(18)12-17-8-6-16(7-9-17)10-15-4-2-1-3-5-15/h1-9,11,13-14H,10,12H2. The van der Waals surface area contributed by atoms with Crippen molar-refractivity contribution in [2.75, 3.05) is 0 Å². The van der Waals surface area contributed by atoms with Gasteiger partial charge >= 0.3 is 0 Å². The lowest BCUT2D eigenvalue weighted by molar-refractivity contribution is 0.111. The Bertz CT molecular complexity index is 714. The van der Waals surface area contributed by atoms with Gasteiger partial charge in [0.05, 0.1) is 12.5 Å². The number of rotatable bonds is 5. The van der Waals surface area contributed by atoms with Crippen LogP contribution < -0.4 is 0 Å². The molecule has 0 amide bonds. The molecule has 0 atom stereocenters. The Kier molecular flexibility index (Phi) is 3.92. The fourth-order valence-corrected chi connectivity index (χ4v) is 2.35. The number of benzene rings is 2. The van der Waals surface area contributed by atoms with Gasteiger partial charge in [-0.05, 0) is 23.1 Å². The molecule has 0 fully saturated rings. The molecular formula is C18H16N2O. The van der Waals surface area contributed by atoms with Gasteiger partial charge in [0, 0.05) is 6.54 Å². The van der Waals surface area contributed by atoms with Crippen LogP contribution in [0.25, 0.3) is 0 Å². The van der Waals surface area contributed by atoms with Crippen molar-refractivity contribution >= 4 is 6.29 Å². The highest BCUT2D eigenvalue weighted by Crippen LogP contribution is 2.12. The molecule has 3 heteroatoms. The fourth-order valence-electron chi connectivity index (χ4n) is 2.35. The Morgan fingerprint density at radius 3 is 2.29 bits per heavy atom. The molecule has 0 aliphatic heterocycles. The van der Waals surface area contributed by atoms with Gasteiger partial charge in [0.25, 0.3) is 0 Å². The molecule has 0 saturated heterocycles. The van der Waals surface area contributed by atoms with Crippen LogP contribution in [0.4, 0.5) is 0 Å². The van der Waals surface area contributed by atoms with Gasteiger partial charge in [-0.1, -0.05) is 54.6 Å². The van der Waals surface area contributed by atoms with Crippen molar-refractivity contribution in [1.29, 1.82) is 0 Å². The fraction of sp³-hybridized carbons (Fsp3) is 0.111. The summed E-state index contributed by atoms with van der Waals surface area (Å²) in [6.07, 6.45) is 5.03.